The summed E-state index contributed by atoms with van der Waals surface area (Å²) in [7, 11) is -3.71. The summed E-state index contributed by atoms with van der Waals surface area (Å²) < 4.78 is 24.9. The molecule has 0 spiro atoms. The molecule has 1 fully saturated rings. The van der Waals surface area contributed by atoms with Crippen molar-refractivity contribution in [3.63, 3.8) is 0 Å². The molecule has 3 aromatic carbocycles. The van der Waals surface area contributed by atoms with Crippen molar-refractivity contribution in [3.05, 3.63) is 90.0 Å². The molecule has 176 valence electrons. The maximum atomic E-state index is 12.6. The van der Waals surface area contributed by atoms with E-state index in [1.807, 2.05) is 54.3 Å². The lowest BCUT2D eigenvalue weighted by Crippen LogP contribution is -2.48. The standard InChI is InChI=1S/C26H27N3O4S/c1-20-7-13-24(14-8-20)34(32,33)19-25(30)27-22-9-11-23(12-10-22)28-15-17-29(18-16-28)26(31)21-5-3-2-4-6-21/h2-14H,15-19H2,1H3,(H,27,30). The average molecular weight is 478 g/mol. The van der Waals surface area contributed by atoms with E-state index in [1.165, 1.54) is 12.1 Å². The van der Waals surface area contributed by atoms with Crippen molar-refractivity contribution in [2.45, 2.75) is 11.8 Å². The Morgan fingerprint density at radius 3 is 2.06 bits per heavy atom. The van der Waals surface area contributed by atoms with E-state index in [2.05, 4.69) is 10.2 Å². The fraction of sp³-hybridized carbons (Fsp3) is 0.231. The maximum absolute atomic E-state index is 12.6. The van der Waals surface area contributed by atoms with E-state index in [0.717, 1.165) is 11.3 Å². The van der Waals surface area contributed by atoms with Crippen LogP contribution in [0.1, 0.15) is 15.9 Å². The number of amides is 2. The zero-order valence-corrected chi connectivity index (χ0v) is 19.8. The van der Waals surface area contributed by atoms with Crippen LogP contribution in [0.25, 0.3) is 0 Å². The minimum Gasteiger partial charge on any atom is -0.368 e. The van der Waals surface area contributed by atoms with E-state index >= 15 is 0 Å². The first-order valence-corrected chi connectivity index (χ1v) is 12.8. The van der Waals surface area contributed by atoms with Crippen molar-refractivity contribution in [1.82, 2.24) is 4.90 Å². The number of rotatable bonds is 6. The predicted octanol–water partition coefficient (Wildman–Crippen LogP) is 3.37. The normalized spacial score (nSPS) is 14.0. The van der Waals surface area contributed by atoms with Gasteiger partial charge in [-0.05, 0) is 55.5 Å². The quantitative estimate of drug-likeness (QED) is 0.588. The van der Waals surface area contributed by atoms with Crippen molar-refractivity contribution >= 4 is 33.0 Å². The molecule has 7 nitrogen and oxygen atoms in total. The van der Waals surface area contributed by atoms with Gasteiger partial charge in [0.1, 0.15) is 5.75 Å². The molecule has 1 saturated heterocycles. The minimum atomic E-state index is -3.71. The van der Waals surface area contributed by atoms with E-state index in [0.29, 0.717) is 37.4 Å². The minimum absolute atomic E-state index is 0.0406. The van der Waals surface area contributed by atoms with Gasteiger partial charge in [0.15, 0.2) is 9.84 Å². The zero-order valence-electron chi connectivity index (χ0n) is 19.0. The Hall–Kier alpha value is -3.65. The molecule has 1 heterocycles. The highest BCUT2D eigenvalue weighted by molar-refractivity contribution is 7.92. The molecule has 0 aromatic heterocycles. The fourth-order valence-electron chi connectivity index (χ4n) is 3.89. The molecule has 0 atom stereocenters. The number of hydrogen-bond donors (Lipinski definition) is 1. The summed E-state index contributed by atoms with van der Waals surface area (Å²) in [5.41, 5.74) is 3.16. The number of carbonyl (C=O) groups is 2. The third-order valence-electron chi connectivity index (χ3n) is 5.81. The summed E-state index contributed by atoms with van der Waals surface area (Å²) in [5.74, 6) is -1.16. The molecule has 0 radical (unpaired) electrons. The Kier molecular flexibility index (Phi) is 6.98. The molecule has 0 aliphatic carbocycles. The zero-order chi connectivity index (χ0) is 24.1. The van der Waals surface area contributed by atoms with Gasteiger partial charge in [-0.2, -0.15) is 0 Å². The maximum Gasteiger partial charge on any atom is 0.253 e. The molecule has 4 rings (SSSR count). The van der Waals surface area contributed by atoms with Gasteiger partial charge in [-0.15, -0.1) is 0 Å². The molecule has 1 aliphatic rings. The van der Waals surface area contributed by atoms with Crippen LogP contribution in [0, 0.1) is 6.92 Å². The summed E-state index contributed by atoms with van der Waals surface area (Å²) in [4.78, 5) is 29.1. The van der Waals surface area contributed by atoms with Crippen LogP contribution in [0.2, 0.25) is 0 Å². The van der Waals surface area contributed by atoms with Gasteiger partial charge in [0, 0.05) is 43.1 Å². The van der Waals surface area contributed by atoms with E-state index in [4.69, 9.17) is 0 Å². The van der Waals surface area contributed by atoms with Crippen molar-refractivity contribution in [2.75, 3.05) is 42.1 Å². The van der Waals surface area contributed by atoms with Crippen molar-refractivity contribution in [3.8, 4) is 0 Å². The molecule has 0 unspecified atom stereocenters. The lowest BCUT2D eigenvalue weighted by molar-refractivity contribution is -0.113. The van der Waals surface area contributed by atoms with Crippen LogP contribution in [-0.2, 0) is 14.6 Å². The number of sulfone groups is 1. The van der Waals surface area contributed by atoms with Crippen LogP contribution in [-0.4, -0.2) is 57.1 Å². The van der Waals surface area contributed by atoms with Crippen LogP contribution < -0.4 is 10.2 Å². The van der Waals surface area contributed by atoms with Crippen LogP contribution >= 0.6 is 0 Å². The molecular formula is C26H27N3O4S. The summed E-state index contributed by atoms with van der Waals surface area (Å²) >= 11 is 0. The van der Waals surface area contributed by atoms with Gasteiger partial charge in [0.2, 0.25) is 5.91 Å². The first kappa shape index (κ1) is 23.5. The second-order valence-electron chi connectivity index (χ2n) is 8.31. The van der Waals surface area contributed by atoms with Crippen LogP contribution in [0.5, 0.6) is 0 Å². The van der Waals surface area contributed by atoms with Gasteiger partial charge in [0.05, 0.1) is 4.90 Å². The average Bonchev–Trinajstić information content (AvgIpc) is 2.84. The monoisotopic (exact) mass is 477 g/mol. The van der Waals surface area contributed by atoms with Crippen molar-refractivity contribution in [2.24, 2.45) is 0 Å². The number of aryl methyl sites for hydroxylation is 1. The Bertz CT molecular complexity index is 1250. The van der Waals surface area contributed by atoms with Crippen molar-refractivity contribution < 1.29 is 18.0 Å². The van der Waals surface area contributed by atoms with Gasteiger partial charge in [0.25, 0.3) is 5.91 Å². The number of nitrogens with one attached hydrogen (secondary N) is 1. The van der Waals surface area contributed by atoms with E-state index in [-0.39, 0.29) is 10.8 Å². The largest absolute Gasteiger partial charge is 0.368 e. The Morgan fingerprint density at radius 2 is 1.44 bits per heavy atom. The number of hydrogen-bond acceptors (Lipinski definition) is 5. The molecule has 2 amide bonds. The van der Waals surface area contributed by atoms with E-state index < -0.39 is 21.5 Å². The summed E-state index contributed by atoms with van der Waals surface area (Å²) in [6.45, 7) is 4.54. The molecule has 3 aromatic rings. The number of nitrogens with zero attached hydrogens (tertiary/aromatic N) is 2. The first-order valence-electron chi connectivity index (χ1n) is 11.1. The second-order valence-corrected chi connectivity index (χ2v) is 10.3. The number of carbonyl (C=O) groups excluding carboxylic acids is 2. The van der Waals surface area contributed by atoms with E-state index in [9.17, 15) is 18.0 Å². The summed E-state index contributed by atoms with van der Waals surface area (Å²) in [6, 6.07) is 23.0. The first-order chi connectivity index (χ1) is 16.3. The van der Waals surface area contributed by atoms with E-state index in [1.54, 1.807) is 24.3 Å². The molecule has 0 saturated carbocycles. The second kappa shape index (κ2) is 10.1. The number of piperazine rings is 1. The van der Waals surface area contributed by atoms with Crippen LogP contribution in [0.15, 0.2) is 83.8 Å². The molecule has 8 heteroatoms. The lowest BCUT2D eigenvalue weighted by Gasteiger charge is -2.36. The third-order valence-corrected chi connectivity index (χ3v) is 7.44. The Labute approximate surface area is 199 Å². The van der Waals surface area contributed by atoms with Gasteiger partial charge >= 0.3 is 0 Å². The SMILES string of the molecule is Cc1ccc(S(=O)(=O)CC(=O)Nc2ccc(N3CCN(C(=O)c4ccccc4)CC3)cc2)cc1. The molecule has 34 heavy (non-hydrogen) atoms. The number of anilines is 2. The lowest BCUT2D eigenvalue weighted by atomic mass is 10.1. The highest BCUT2D eigenvalue weighted by Gasteiger charge is 2.23. The molecular weight excluding hydrogens is 450 g/mol. The predicted molar refractivity (Wildman–Crippen MR) is 133 cm³/mol. The molecule has 1 N–H and O–H groups in total. The Morgan fingerprint density at radius 1 is 0.824 bits per heavy atom. The van der Waals surface area contributed by atoms with Gasteiger partial charge in [-0.25, -0.2) is 8.42 Å². The molecule has 1 aliphatic heterocycles. The van der Waals surface area contributed by atoms with Crippen LogP contribution in [0.3, 0.4) is 0 Å². The highest BCUT2D eigenvalue weighted by Crippen LogP contribution is 2.21. The topological polar surface area (TPSA) is 86.8 Å². The smallest absolute Gasteiger partial charge is 0.253 e. The Balaban J connectivity index is 1.31. The van der Waals surface area contributed by atoms with Gasteiger partial charge in [-0.1, -0.05) is 35.9 Å². The fourth-order valence-corrected chi connectivity index (χ4v) is 5.02. The summed E-state index contributed by atoms with van der Waals surface area (Å²) in [5, 5.41) is 2.66. The highest BCUT2D eigenvalue weighted by atomic mass is 32.2. The van der Waals surface area contributed by atoms with Crippen molar-refractivity contribution in [1.29, 1.82) is 0 Å². The number of benzene rings is 3. The molecule has 0 bridgehead atoms. The van der Waals surface area contributed by atoms with Gasteiger partial charge < -0.3 is 15.1 Å². The third kappa shape index (κ3) is 5.63. The van der Waals surface area contributed by atoms with Gasteiger partial charge in [-0.3, -0.25) is 9.59 Å². The summed E-state index contributed by atoms with van der Waals surface area (Å²) in [6.07, 6.45) is 0. The van der Waals surface area contributed by atoms with Crippen LogP contribution in [0.4, 0.5) is 11.4 Å².